The van der Waals surface area contributed by atoms with Gasteiger partial charge in [-0.1, -0.05) is 35.9 Å². The molecule has 0 spiro atoms. The highest BCUT2D eigenvalue weighted by Crippen LogP contribution is 2.38. The predicted octanol–water partition coefficient (Wildman–Crippen LogP) is 2.60. The molecule has 0 aromatic heterocycles. The van der Waals surface area contributed by atoms with Crippen molar-refractivity contribution in [3.63, 3.8) is 0 Å². The minimum Gasteiger partial charge on any atom is -0.350 e. The number of rotatable bonds is 5. The Labute approximate surface area is 175 Å². The molecule has 1 atom stereocenters. The molecule has 2 aliphatic rings. The summed E-state index contributed by atoms with van der Waals surface area (Å²) in [6, 6.07) is 6.09. The highest BCUT2D eigenvalue weighted by molar-refractivity contribution is 6.31. The Morgan fingerprint density at radius 2 is 2.03 bits per heavy atom. The lowest BCUT2D eigenvalue weighted by molar-refractivity contribution is -0.132. The van der Waals surface area contributed by atoms with Crippen LogP contribution in [0.2, 0.25) is 5.02 Å². The summed E-state index contributed by atoms with van der Waals surface area (Å²) < 4.78 is 0. The van der Waals surface area contributed by atoms with Gasteiger partial charge in [0.25, 0.3) is 5.91 Å². The zero-order chi connectivity index (χ0) is 21.3. The number of hydrogen-bond acceptors (Lipinski definition) is 3. The largest absolute Gasteiger partial charge is 0.350 e. The average Bonchev–Trinajstić information content (AvgIpc) is 2.93. The van der Waals surface area contributed by atoms with E-state index in [1.165, 1.54) is 9.80 Å². The lowest BCUT2D eigenvalue weighted by atomic mass is 9.95. The van der Waals surface area contributed by atoms with Gasteiger partial charge in [-0.05, 0) is 32.4 Å². The van der Waals surface area contributed by atoms with Gasteiger partial charge in [0, 0.05) is 17.1 Å². The van der Waals surface area contributed by atoms with Crippen LogP contribution < -0.4 is 10.6 Å². The molecule has 2 N–H and O–H groups in total. The van der Waals surface area contributed by atoms with Crippen molar-refractivity contribution in [2.75, 3.05) is 19.6 Å². The molecular weight excluding hydrogens is 392 g/mol. The molecule has 7 nitrogen and oxygen atoms in total. The molecule has 0 aliphatic carbocycles. The summed E-state index contributed by atoms with van der Waals surface area (Å²) in [7, 11) is 0. The van der Waals surface area contributed by atoms with Crippen LogP contribution in [-0.2, 0) is 9.59 Å². The fourth-order valence-corrected chi connectivity index (χ4v) is 3.82. The molecule has 3 rings (SSSR count). The van der Waals surface area contributed by atoms with E-state index < -0.39 is 11.6 Å². The lowest BCUT2D eigenvalue weighted by Gasteiger charge is -2.33. The Morgan fingerprint density at radius 3 is 2.66 bits per heavy atom. The number of urea groups is 1. The Hall–Kier alpha value is -2.80. The molecule has 0 radical (unpaired) electrons. The summed E-state index contributed by atoms with van der Waals surface area (Å²) in [4.78, 5) is 41.3. The fourth-order valence-electron chi connectivity index (χ4n) is 3.57. The third-order valence-electron chi connectivity index (χ3n) is 4.67. The van der Waals surface area contributed by atoms with Gasteiger partial charge in [-0.25, -0.2) is 4.79 Å². The second-order valence-corrected chi connectivity index (χ2v) is 8.53. The minimum absolute atomic E-state index is 0.0888. The van der Waals surface area contributed by atoms with E-state index >= 15 is 0 Å². The minimum atomic E-state index is -0.671. The number of nitrogens with one attached hydrogen (secondary N) is 2. The van der Waals surface area contributed by atoms with E-state index in [4.69, 9.17) is 11.6 Å². The Kier molecular flexibility index (Phi) is 5.71. The summed E-state index contributed by atoms with van der Waals surface area (Å²) in [6.07, 6.45) is 1.60. The van der Waals surface area contributed by atoms with Gasteiger partial charge < -0.3 is 15.5 Å². The van der Waals surface area contributed by atoms with E-state index in [1.54, 1.807) is 30.3 Å². The molecule has 0 saturated carbocycles. The van der Waals surface area contributed by atoms with Gasteiger partial charge in [0.15, 0.2) is 0 Å². The fraction of sp³-hybridized carbons (Fsp3) is 0.381. The molecule has 2 heterocycles. The molecule has 0 unspecified atom stereocenters. The van der Waals surface area contributed by atoms with E-state index in [-0.39, 0.29) is 37.5 Å². The van der Waals surface area contributed by atoms with Gasteiger partial charge >= 0.3 is 6.03 Å². The van der Waals surface area contributed by atoms with Crippen LogP contribution in [0.5, 0.6) is 0 Å². The number of halogens is 1. The SMILES string of the molecule is C=CCN1C(=O)N[C@@H](c2ccccc2Cl)C2=C1CN(CC(=O)NC(C)(C)C)C2=O. The van der Waals surface area contributed by atoms with E-state index in [0.29, 0.717) is 21.9 Å². The van der Waals surface area contributed by atoms with Crippen molar-refractivity contribution in [1.29, 1.82) is 0 Å². The molecule has 2 aliphatic heterocycles. The van der Waals surface area contributed by atoms with Gasteiger partial charge in [-0.15, -0.1) is 6.58 Å². The normalized spacial score (nSPS) is 19.2. The van der Waals surface area contributed by atoms with Crippen molar-refractivity contribution in [3.05, 3.63) is 58.8 Å². The van der Waals surface area contributed by atoms with Crippen LogP contribution in [0.4, 0.5) is 4.79 Å². The maximum Gasteiger partial charge on any atom is 0.322 e. The van der Waals surface area contributed by atoms with Crippen LogP contribution in [0.15, 0.2) is 48.2 Å². The Bertz CT molecular complexity index is 903. The summed E-state index contributed by atoms with van der Waals surface area (Å²) in [5, 5.41) is 6.19. The van der Waals surface area contributed by atoms with Crippen LogP contribution in [0.1, 0.15) is 32.4 Å². The van der Waals surface area contributed by atoms with Crippen molar-refractivity contribution >= 4 is 29.4 Å². The summed E-state index contributed by atoms with van der Waals surface area (Å²) in [6.45, 7) is 9.67. The number of hydrogen-bond donors (Lipinski definition) is 2. The molecule has 154 valence electrons. The second kappa shape index (κ2) is 7.91. The van der Waals surface area contributed by atoms with Gasteiger partial charge in [0.2, 0.25) is 5.91 Å². The van der Waals surface area contributed by atoms with Crippen molar-refractivity contribution in [1.82, 2.24) is 20.4 Å². The lowest BCUT2D eigenvalue weighted by Crippen LogP contribution is -2.47. The van der Waals surface area contributed by atoms with Crippen molar-refractivity contribution < 1.29 is 14.4 Å². The van der Waals surface area contributed by atoms with Crippen molar-refractivity contribution in [2.24, 2.45) is 0 Å². The molecule has 0 saturated heterocycles. The van der Waals surface area contributed by atoms with E-state index in [2.05, 4.69) is 17.2 Å². The average molecular weight is 417 g/mol. The molecule has 1 aromatic carbocycles. The van der Waals surface area contributed by atoms with E-state index in [9.17, 15) is 14.4 Å². The van der Waals surface area contributed by atoms with E-state index in [0.717, 1.165) is 0 Å². The Morgan fingerprint density at radius 1 is 1.34 bits per heavy atom. The zero-order valence-electron chi connectivity index (χ0n) is 16.8. The number of carbonyl (C=O) groups is 3. The first kappa shape index (κ1) is 20.9. The van der Waals surface area contributed by atoms with Crippen molar-refractivity contribution in [3.8, 4) is 0 Å². The van der Waals surface area contributed by atoms with Crippen LogP contribution in [-0.4, -0.2) is 52.8 Å². The van der Waals surface area contributed by atoms with Crippen LogP contribution in [0, 0.1) is 0 Å². The second-order valence-electron chi connectivity index (χ2n) is 8.12. The third kappa shape index (κ3) is 4.29. The highest BCUT2D eigenvalue weighted by Gasteiger charge is 2.44. The molecule has 1 aromatic rings. The molecule has 0 bridgehead atoms. The van der Waals surface area contributed by atoms with Crippen LogP contribution in [0.3, 0.4) is 0 Å². The number of nitrogens with zero attached hydrogens (tertiary/aromatic N) is 2. The predicted molar refractivity (Wildman–Crippen MR) is 111 cm³/mol. The number of carbonyl (C=O) groups excluding carboxylic acids is 3. The first-order valence-corrected chi connectivity index (χ1v) is 9.77. The smallest absolute Gasteiger partial charge is 0.322 e. The molecular formula is C21H25ClN4O3. The summed E-state index contributed by atoms with van der Waals surface area (Å²) in [5.74, 6) is -0.544. The number of benzene rings is 1. The first-order valence-electron chi connectivity index (χ1n) is 9.39. The standard InChI is InChI=1S/C21H25ClN4O3/c1-5-10-26-15-11-25(12-16(27)24-21(2,3)4)19(28)17(15)18(23-20(26)29)13-8-6-7-9-14(13)22/h5-9,18H,1,10-12H2,2-4H3,(H,23,29)(H,24,27)/t18-/m0/s1. The van der Waals surface area contributed by atoms with Gasteiger partial charge in [-0.2, -0.15) is 0 Å². The maximum absolute atomic E-state index is 13.2. The molecule has 4 amide bonds. The van der Waals surface area contributed by atoms with Crippen LogP contribution in [0.25, 0.3) is 0 Å². The number of amides is 4. The van der Waals surface area contributed by atoms with Crippen molar-refractivity contribution in [2.45, 2.75) is 32.4 Å². The van der Waals surface area contributed by atoms with Gasteiger partial charge in [0.05, 0.1) is 23.9 Å². The quantitative estimate of drug-likeness (QED) is 0.724. The van der Waals surface area contributed by atoms with E-state index in [1.807, 2.05) is 20.8 Å². The third-order valence-corrected chi connectivity index (χ3v) is 5.02. The highest BCUT2D eigenvalue weighted by atomic mass is 35.5. The maximum atomic E-state index is 13.2. The molecule has 29 heavy (non-hydrogen) atoms. The topological polar surface area (TPSA) is 81.8 Å². The summed E-state index contributed by atoms with van der Waals surface area (Å²) >= 11 is 6.34. The molecule has 0 fully saturated rings. The summed E-state index contributed by atoms with van der Waals surface area (Å²) in [5.41, 5.74) is 1.25. The molecule has 8 heteroatoms. The zero-order valence-corrected chi connectivity index (χ0v) is 17.5. The van der Waals surface area contributed by atoms with Gasteiger partial charge in [-0.3, -0.25) is 14.5 Å². The van der Waals surface area contributed by atoms with Crippen LogP contribution >= 0.6 is 11.6 Å². The Balaban J connectivity index is 1.95. The first-order chi connectivity index (χ1) is 13.6. The van der Waals surface area contributed by atoms with Gasteiger partial charge in [0.1, 0.15) is 6.54 Å². The monoisotopic (exact) mass is 416 g/mol.